The van der Waals surface area contributed by atoms with Gasteiger partial charge in [0.1, 0.15) is 0 Å². The minimum absolute atomic E-state index is 0.154. The number of ether oxygens (including phenoxy) is 3. The van der Waals surface area contributed by atoms with Crippen LogP contribution in [0.2, 0.25) is 0 Å². The van der Waals surface area contributed by atoms with Crippen molar-refractivity contribution < 1.29 is 19.0 Å². The molecule has 2 aromatic carbocycles. The van der Waals surface area contributed by atoms with E-state index in [9.17, 15) is 4.79 Å². The highest BCUT2D eigenvalue weighted by Crippen LogP contribution is 2.36. The quantitative estimate of drug-likeness (QED) is 0.403. The summed E-state index contributed by atoms with van der Waals surface area (Å²) < 4.78 is 15.9. The number of anilines is 2. The molecule has 0 fully saturated rings. The lowest BCUT2D eigenvalue weighted by Crippen LogP contribution is -2.24. The van der Waals surface area contributed by atoms with Crippen molar-refractivity contribution in [3.05, 3.63) is 42.0 Å². The zero-order chi connectivity index (χ0) is 19.1. The van der Waals surface area contributed by atoms with Gasteiger partial charge in [0.15, 0.2) is 22.4 Å². The number of esters is 1. The molecule has 0 aromatic heterocycles. The van der Waals surface area contributed by atoms with Crippen LogP contribution in [0.5, 0.6) is 17.2 Å². The summed E-state index contributed by atoms with van der Waals surface area (Å²) in [6.07, 6.45) is 0.154. The molecule has 0 aliphatic carbocycles. The monoisotopic (exact) mass is 375 g/mol. The van der Waals surface area contributed by atoms with Gasteiger partial charge in [-0.2, -0.15) is 0 Å². The average Bonchev–Trinajstić information content (AvgIpc) is 2.64. The van der Waals surface area contributed by atoms with E-state index in [1.807, 2.05) is 0 Å². The third kappa shape index (κ3) is 5.00. The Bertz CT molecular complexity index is 811. The third-order valence-electron chi connectivity index (χ3n) is 3.52. The summed E-state index contributed by atoms with van der Waals surface area (Å²) in [4.78, 5) is 11.4. The third-order valence-corrected chi connectivity index (χ3v) is 3.82. The molecule has 0 atom stereocenters. The molecular weight excluding hydrogens is 354 g/mol. The molecule has 2 rings (SSSR count). The maximum Gasteiger partial charge on any atom is 0.309 e. The maximum atomic E-state index is 11.4. The van der Waals surface area contributed by atoms with E-state index in [2.05, 4.69) is 15.4 Å². The van der Waals surface area contributed by atoms with Crippen molar-refractivity contribution >= 4 is 34.7 Å². The van der Waals surface area contributed by atoms with Crippen molar-refractivity contribution in [2.75, 3.05) is 32.3 Å². The minimum atomic E-state index is -0.326. The van der Waals surface area contributed by atoms with Gasteiger partial charge in [0.05, 0.1) is 26.3 Å². The number of rotatable bonds is 6. The Morgan fingerprint density at radius 1 is 1.12 bits per heavy atom. The van der Waals surface area contributed by atoms with Crippen LogP contribution in [0, 0.1) is 0 Å². The van der Waals surface area contributed by atoms with Gasteiger partial charge in [0.2, 0.25) is 0 Å². The highest BCUT2D eigenvalue weighted by molar-refractivity contribution is 7.80. The number of thiocarbonyl (C=S) groups is 1. The fourth-order valence-corrected chi connectivity index (χ4v) is 2.29. The lowest BCUT2D eigenvalue weighted by molar-refractivity contribution is -0.139. The van der Waals surface area contributed by atoms with E-state index < -0.39 is 0 Å². The summed E-state index contributed by atoms with van der Waals surface area (Å²) in [5.74, 6) is 1.13. The molecule has 0 aliphatic heterocycles. The lowest BCUT2D eigenvalue weighted by atomic mass is 10.1. The molecule has 138 valence electrons. The van der Waals surface area contributed by atoms with Crippen molar-refractivity contribution in [2.24, 2.45) is 0 Å². The molecule has 26 heavy (non-hydrogen) atoms. The summed E-state index contributed by atoms with van der Waals surface area (Å²) in [5.41, 5.74) is 8.00. The van der Waals surface area contributed by atoms with Gasteiger partial charge < -0.3 is 30.6 Å². The predicted molar refractivity (Wildman–Crippen MR) is 105 cm³/mol. The molecule has 7 nitrogen and oxygen atoms in total. The van der Waals surface area contributed by atoms with Crippen molar-refractivity contribution in [1.29, 1.82) is 0 Å². The van der Waals surface area contributed by atoms with Gasteiger partial charge in [-0.3, -0.25) is 4.79 Å². The van der Waals surface area contributed by atoms with Crippen molar-refractivity contribution in [1.82, 2.24) is 5.32 Å². The van der Waals surface area contributed by atoms with Gasteiger partial charge >= 0.3 is 5.97 Å². The van der Waals surface area contributed by atoms with Crippen LogP contribution in [0.3, 0.4) is 0 Å². The Morgan fingerprint density at radius 3 is 2.46 bits per heavy atom. The molecular formula is C18H21N3O4S. The molecule has 0 unspecified atom stereocenters. The number of carbonyl (C=O) groups excluding carboxylic acids is 1. The molecule has 0 saturated carbocycles. The summed E-state index contributed by atoms with van der Waals surface area (Å²) in [7, 11) is 4.60. The number of hydrogen-bond donors (Lipinski definition) is 3. The fourth-order valence-electron chi connectivity index (χ4n) is 2.18. The molecule has 0 spiro atoms. The Kier molecular flexibility index (Phi) is 6.62. The van der Waals surface area contributed by atoms with E-state index in [1.165, 1.54) is 14.2 Å². The number of nitrogen functional groups attached to an aromatic ring is 1. The highest BCUT2D eigenvalue weighted by Gasteiger charge is 2.12. The van der Waals surface area contributed by atoms with Crippen molar-refractivity contribution in [3.63, 3.8) is 0 Å². The normalized spacial score (nSPS) is 9.96. The number of hydrogen-bond acceptors (Lipinski definition) is 6. The van der Waals surface area contributed by atoms with E-state index >= 15 is 0 Å². The number of nitrogens with two attached hydrogens (primary N) is 1. The molecule has 8 heteroatoms. The molecule has 2 aromatic rings. The highest BCUT2D eigenvalue weighted by atomic mass is 32.1. The van der Waals surface area contributed by atoms with E-state index in [1.54, 1.807) is 43.4 Å². The first-order valence-electron chi connectivity index (χ1n) is 7.76. The van der Waals surface area contributed by atoms with E-state index in [4.69, 9.17) is 27.4 Å². The molecule has 0 heterocycles. The Hall–Kier alpha value is -3.00. The Balaban J connectivity index is 2.19. The molecule has 0 amide bonds. The summed E-state index contributed by atoms with van der Waals surface area (Å²) in [5, 5.41) is 6.30. The second-order valence-electron chi connectivity index (χ2n) is 5.30. The molecule has 0 saturated heterocycles. The standard InChI is InChI=1S/C18H21N3O4S/c1-20-18(26)21-12-5-7-14(13(19)10-12)25-15-6-4-11(8-16(15)23-2)9-17(22)24-3/h4-8,10H,9,19H2,1-3H3,(H2,20,21,26). The molecule has 0 bridgehead atoms. The number of nitrogens with one attached hydrogen (secondary N) is 2. The van der Waals surface area contributed by atoms with Crippen LogP contribution in [-0.4, -0.2) is 32.3 Å². The lowest BCUT2D eigenvalue weighted by Gasteiger charge is -2.14. The first-order valence-corrected chi connectivity index (χ1v) is 8.17. The van der Waals surface area contributed by atoms with E-state index in [0.717, 1.165) is 11.3 Å². The van der Waals surface area contributed by atoms with Gasteiger partial charge in [-0.05, 0) is 48.1 Å². The van der Waals surface area contributed by atoms with Crippen LogP contribution in [0.25, 0.3) is 0 Å². The van der Waals surface area contributed by atoms with E-state index in [-0.39, 0.29) is 12.4 Å². The van der Waals surface area contributed by atoms with Crippen LogP contribution in [0.15, 0.2) is 36.4 Å². The van der Waals surface area contributed by atoms with Crippen LogP contribution in [0.1, 0.15) is 5.56 Å². The largest absolute Gasteiger partial charge is 0.493 e. The van der Waals surface area contributed by atoms with Gasteiger partial charge in [-0.15, -0.1) is 0 Å². The van der Waals surface area contributed by atoms with Gasteiger partial charge in [-0.1, -0.05) is 6.07 Å². The van der Waals surface area contributed by atoms with Crippen LogP contribution in [-0.2, 0) is 16.0 Å². The molecule has 0 aliphatic rings. The Morgan fingerprint density at radius 2 is 1.85 bits per heavy atom. The summed E-state index contributed by atoms with van der Waals surface area (Å²) in [6, 6.07) is 10.5. The second kappa shape index (κ2) is 8.91. The molecule has 0 radical (unpaired) electrons. The average molecular weight is 375 g/mol. The van der Waals surface area contributed by atoms with Crippen LogP contribution in [0.4, 0.5) is 11.4 Å². The van der Waals surface area contributed by atoms with Crippen LogP contribution >= 0.6 is 12.2 Å². The molecule has 4 N–H and O–H groups in total. The Labute approximate surface area is 157 Å². The predicted octanol–water partition coefficient (Wildman–Crippen LogP) is 2.70. The second-order valence-corrected chi connectivity index (χ2v) is 5.71. The zero-order valence-corrected chi connectivity index (χ0v) is 15.6. The van der Waals surface area contributed by atoms with Gasteiger partial charge in [-0.25, -0.2) is 0 Å². The SMILES string of the molecule is CNC(=S)Nc1ccc(Oc2ccc(CC(=O)OC)cc2OC)c(N)c1. The number of methoxy groups -OCH3 is 2. The zero-order valence-electron chi connectivity index (χ0n) is 14.8. The summed E-state index contributed by atoms with van der Waals surface area (Å²) >= 11 is 5.06. The van der Waals surface area contributed by atoms with Crippen molar-refractivity contribution in [3.8, 4) is 17.2 Å². The van der Waals surface area contributed by atoms with Crippen LogP contribution < -0.4 is 25.8 Å². The first-order chi connectivity index (χ1) is 12.5. The maximum absolute atomic E-state index is 11.4. The minimum Gasteiger partial charge on any atom is -0.493 e. The first kappa shape index (κ1) is 19.3. The smallest absolute Gasteiger partial charge is 0.309 e. The number of benzene rings is 2. The van der Waals surface area contributed by atoms with Gasteiger partial charge in [0, 0.05) is 12.7 Å². The summed E-state index contributed by atoms with van der Waals surface area (Å²) in [6.45, 7) is 0. The topological polar surface area (TPSA) is 94.8 Å². The fraction of sp³-hybridized carbons (Fsp3) is 0.222. The van der Waals surface area contributed by atoms with Crippen molar-refractivity contribution in [2.45, 2.75) is 6.42 Å². The van der Waals surface area contributed by atoms with Gasteiger partial charge in [0.25, 0.3) is 0 Å². The number of carbonyl (C=O) groups is 1. The van der Waals surface area contributed by atoms with E-state index in [0.29, 0.717) is 28.0 Å².